The molecule has 4 N–H and O–H groups in total. The predicted molar refractivity (Wildman–Crippen MR) is 521 cm³/mol. The molecule has 6 unspecified atom stereocenters. The van der Waals surface area contributed by atoms with Gasteiger partial charge in [-0.25, -0.2) is 15.0 Å². The predicted octanol–water partition coefficient (Wildman–Crippen LogP) is 17.3. The van der Waals surface area contributed by atoms with Gasteiger partial charge in [-0.1, -0.05) is 149 Å². The number of nitrogens with one attached hydrogen (secondary N) is 1. The summed E-state index contributed by atoms with van der Waals surface area (Å²) in [6.45, 7) is 36.3. The van der Waals surface area contributed by atoms with Gasteiger partial charge >= 0.3 is 0 Å². The highest BCUT2D eigenvalue weighted by molar-refractivity contribution is 6.39. The van der Waals surface area contributed by atoms with Gasteiger partial charge in [-0.05, 0) is 180 Å². The Morgan fingerprint density at radius 1 is 0.439 bits per heavy atom. The number of aromatic nitrogens is 9. The summed E-state index contributed by atoms with van der Waals surface area (Å²) in [6, 6.07) is 22.8. The number of amides is 5. The van der Waals surface area contributed by atoms with Crippen molar-refractivity contribution in [1.29, 1.82) is 0 Å². The van der Waals surface area contributed by atoms with Gasteiger partial charge in [0.2, 0.25) is 23.6 Å². The summed E-state index contributed by atoms with van der Waals surface area (Å²) in [7, 11) is 1.57. The van der Waals surface area contributed by atoms with Gasteiger partial charge in [0.05, 0.1) is 128 Å². The van der Waals surface area contributed by atoms with Gasteiger partial charge in [-0.3, -0.25) is 67.0 Å². The first-order valence-corrected chi connectivity index (χ1v) is 45.5. The summed E-state index contributed by atoms with van der Waals surface area (Å²) in [5, 5.41) is 38.4. The van der Waals surface area contributed by atoms with Crippen LogP contribution in [0.15, 0.2) is 162 Å². The van der Waals surface area contributed by atoms with Gasteiger partial charge in [0.1, 0.15) is 46.4 Å². The first-order chi connectivity index (χ1) is 62.8. The summed E-state index contributed by atoms with van der Waals surface area (Å²) >= 11 is 40.4. The van der Waals surface area contributed by atoms with Gasteiger partial charge in [0.25, 0.3) is 22.6 Å². The number of fused-ring (bicyclic) bond motifs is 15. The number of nitrogens with zero attached hydrogens (tertiary/aromatic N) is 16. The molecule has 6 aliphatic heterocycles. The summed E-state index contributed by atoms with van der Waals surface area (Å²) in [5.41, 5.74) is 10.2. The van der Waals surface area contributed by atoms with Crippen LogP contribution >= 0.6 is 69.6 Å². The van der Waals surface area contributed by atoms with Crippen molar-refractivity contribution in [2.75, 3.05) is 71.2 Å². The number of phenols is 3. The Bertz CT molecular complexity index is 7080. The lowest BCUT2D eigenvalue weighted by Gasteiger charge is -2.49. The average Bonchev–Trinajstić information content (AvgIpc) is 0.703. The second-order valence-electron chi connectivity index (χ2n) is 34.9. The van der Waals surface area contributed by atoms with Crippen LogP contribution < -0.4 is 41.6 Å². The Morgan fingerprint density at radius 3 is 1.19 bits per heavy atom. The third-order valence-electron chi connectivity index (χ3n) is 25.5. The number of carbonyl (C=O) groups is 5. The Morgan fingerprint density at radius 2 is 0.795 bits per heavy atom. The summed E-state index contributed by atoms with van der Waals surface area (Å²) in [6.07, 6.45) is 10.2. The van der Waals surface area contributed by atoms with E-state index in [0.717, 1.165) is 34.5 Å². The van der Waals surface area contributed by atoms with Crippen molar-refractivity contribution < 1.29 is 39.3 Å². The molecule has 15 heterocycles. The van der Waals surface area contributed by atoms with Gasteiger partial charge in [0, 0.05) is 97.7 Å². The molecular formula is C98H95Cl6N17O11. The molecule has 132 heavy (non-hydrogen) atoms. The lowest BCUT2D eigenvalue weighted by molar-refractivity contribution is -0.132. The number of piperazine rings is 3. The molecule has 680 valence electrons. The van der Waals surface area contributed by atoms with Crippen LogP contribution in [-0.2, 0) is 30.4 Å². The molecule has 0 aliphatic carbocycles. The molecule has 0 radical (unpaired) electrons. The van der Waals surface area contributed by atoms with Crippen molar-refractivity contribution >= 4 is 161 Å². The number of anilines is 5. The fraction of sp³-hybridized carbons (Fsp3) is 0.306. The molecule has 6 aliphatic rings. The van der Waals surface area contributed by atoms with Gasteiger partial charge in [-0.15, -0.1) is 0 Å². The highest BCUT2D eigenvalue weighted by atomic mass is 35.5. The number of pyridine rings is 9. The van der Waals surface area contributed by atoms with Crippen molar-refractivity contribution in [2.24, 2.45) is 0 Å². The van der Waals surface area contributed by atoms with Crippen molar-refractivity contribution in [3.63, 3.8) is 0 Å². The number of hydrogen-bond donors (Lipinski definition) is 4. The summed E-state index contributed by atoms with van der Waals surface area (Å²) < 4.78 is 4.62. The summed E-state index contributed by atoms with van der Waals surface area (Å²) in [5.74, 6) is -1.76. The van der Waals surface area contributed by atoms with E-state index in [1.54, 1.807) is 88.5 Å². The van der Waals surface area contributed by atoms with Crippen LogP contribution in [0, 0.1) is 20.8 Å². The van der Waals surface area contributed by atoms with Crippen LogP contribution in [0.25, 0.3) is 83.9 Å². The molecule has 0 spiro atoms. The topological polar surface area (TPSA) is 324 Å². The molecule has 12 aromatic rings. The van der Waals surface area contributed by atoms with Gasteiger partial charge < -0.3 is 54.9 Å². The van der Waals surface area contributed by atoms with E-state index >= 15 is 0 Å². The Kier molecular flexibility index (Phi) is 25.3. The fourth-order valence-corrected chi connectivity index (χ4v) is 20.7. The van der Waals surface area contributed by atoms with E-state index in [1.807, 2.05) is 122 Å². The minimum absolute atomic E-state index is 0.0171. The molecule has 0 saturated carbocycles. The van der Waals surface area contributed by atoms with Crippen molar-refractivity contribution in [2.45, 2.75) is 150 Å². The van der Waals surface area contributed by atoms with E-state index in [0.29, 0.717) is 97.3 Å². The second kappa shape index (κ2) is 36.1. The minimum Gasteiger partial charge on any atom is -0.507 e. The molecule has 3 aromatic carbocycles. The lowest BCUT2D eigenvalue weighted by atomic mass is 9.91. The zero-order valence-electron chi connectivity index (χ0n) is 74.6. The number of aromatic hydroxyl groups is 3. The number of benzene rings is 3. The van der Waals surface area contributed by atoms with Crippen LogP contribution in [0.3, 0.4) is 0 Å². The Labute approximate surface area is 790 Å². The minimum atomic E-state index is -0.765. The van der Waals surface area contributed by atoms with Gasteiger partial charge in [-0.2, -0.15) is 0 Å². The normalized spacial score (nSPS) is 18.0. The number of hydrogen-bond acceptors (Lipinski definition) is 20. The van der Waals surface area contributed by atoms with E-state index in [-0.39, 0.29) is 191 Å². The molecule has 3 fully saturated rings. The van der Waals surface area contributed by atoms with E-state index in [2.05, 4.69) is 44.9 Å². The number of aryl methyl sites for hydroxylation is 3. The molecule has 34 heteroatoms. The largest absolute Gasteiger partial charge is 0.507 e. The fourth-order valence-electron chi connectivity index (χ4n) is 19.2. The van der Waals surface area contributed by atoms with Crippen LogP contribution in [0.2, 0.25) is 30.1 Å². The van der Waals surface area contributed by atoms with Crippen molar-refractivity contribution in [3.05, 3.63) is 248 Å². The highest BCUT2D eigenvalue weighted by Gasteiger charge is 2.49. The molecule has 6 atom stereocenters. The smallest absolute Gasteiger partial charge is 0.283 e. The van der Waals surface area contributed by atoms with E-state index in [1.165, 1.54) is 50.5 Å². The maximum atomic E-state index is 14.8. The lowest BCUT2D eigenvalue weighted by Crippen LogP contribution is -2.66. The van der Waals surface area contributed by atoms with E-state index in [4.69, 9.17) is 84.6 Å². The number of likely N-dealkylation sites (N-methyl/N-ethyl adjacent to an activating group) is 1. The molecule has 3 saturated heterocycles. The average molecular weight is 1900 g/mol. The van der Waals surface area contributed by atoms with Crippen LogP contribution in [0.5, 0.6) is 17.2 Å². The maximum Gasteiger partial charge on any atom is 0.283 e. The Balaban J connectivity index is 0.000000144. The van der Waals surface area contributed by atoms with E-state index < -0.39 is 29.1 Å². The van der Waals surface area contributed by atoms with Crippen LogP contribution in [0.4, 0.5) is 28.4 Å². The number of rotatable bonds is 12. The maximum absolute atomic E-state index is 14.8. The monoisotopic (exact) mass is 1900 g/mol. The molecular weight excluding hydrogens is 1800 g/mol. The Hall–Kier alpha value is -12.7. The third kappa shape index (κ3) is 15.7. The first kappa shape index (κ1) is 92.6. The summed E-state index contributed by atoms with van der Waals surface area (Å²) in [4.78, 5) is 151. The zero-order chi connectivity index (χ0) is 94.8. The van der Waals surface area contributed by atoms with Crippen molar-refractivity contribution in [1.82, 2.24) is 58.3 Å². The molecule has 9 aromatic heterocycles. The number of halogens is 6. The number of phenolic OH excluding ortho intramolecular Hbond substituents is 3. The molecule has 0 bridgehead atoms. The zero-order valence-corrected chi connectivity index (χ0v) is 79.2. The van der Waals surface area contributed by atoms with E-state index in [9.17, 15) is 53.7 Å². The molecule has 18 rings (SSSR count). The SMILES string of the molecule is C=CC(=O)N1CC2C(=O)N(C)c3c(c4cc(Cl)c(-c5c(O)cccc5Cl)nc4n(-c4c(C)ccnc4C(C)C)c3=O)N2CC1C.C=CC(=O)N1CC2C(=O)Nc3c(c4cc(Cl)c(-c5c(O)cccc5Cl)nc4n(-c4c(C)ccnc4C(C)C)c3=O)N2CC1C.C=CC(=O)N1CC2CCc3c(c4cc(Cl)c(-c5c(O)cccc5Cl)nc4n(-c4c(C)ccnc4C(C)C)c3=O)N2CC1C. The third-order valence-corrected chi connectivity index (χ3v) is 27.4. The highest BCUT2D eigenvalue weighted by Crippen LogP contribution is 2.51. The standard InChI is InChI=1S/C33H32Cl2N6O4.C33H33Cl2N5O3.C32H30Cl2N6O4/c1-7-24(43)39-15-22-32(44)38(6)30-29(40(22)14-18(39)5)19-13-21(35)27(25-20(34)9-8-10-23(25)42)37-31(19)41(33(30)45)28-17(4)11-12-36-26(28)16(2)3;1-6-26(42)38-16-20-10-11-21-31(39(20)15-19(38)5)22-14-24(35)29(27-23(34)8-7-9-25(27)41)37-32(22)40(33(21)43)30-18(4)12-13-36-28(30)17(2)3;1-6-23(42)38-14-21-31(43)37-27-29(39(21)13-17(38)5)18-12-20(34)26(24-19(33)8-7-9-22(24)41)36-30(18)40(32(27)44)28-16(4)10-11-35-25(28)15(2)3/h7-13,16,18,22,42H,1,14-15H2,2-6H3;6-9,12-14,17,19-20,41H,1,10-11,15-16H2,2-5H3;6-12,15,17,21,41H,1,13-14H2,2-5H3,(H,37,43). The van der Waals surface area contributed by atoms with Crippen LogP contribution in [0.1, 0.15) is 126 Å². The van der Waals surface area contributed by atoms with Crippen molar-refractivity contribution in [3.8, 4) is 68.1 Å². The number of carbonyl (C=O) groups excluding carboxylic acids is 5. The van der Waals surface area contributed by atoms with Gasteiger partial charge in [0.15, 0.2) is 11.3 Å². The quantitative estimate of drug-likeness (QED) is 0.0826. The van der Waals surface area contributed by atoms with Crippen LogP contribution in [-0.4, -0.2) is 186 Å². The molecule has 28 nitrogen and oxygen atoms in total. The second-order valence-corrected chi connectivity index (χ2v) is 37.3. The molecule has 5 amide bonds. The first-order valence-electron chi connectivity index (χ1n) is 43.2.